The van der Waals surface area contributed by atoms with Gasteiger partial charge in [-0.2, -0.15) is 0 Å². The Labute approximate surface area is 102 Å². The first-order valence-corrected chi connectivity index (χ1v) is 5.40. The molecule has 0 atom stereocenters. The molecule has 4 heteroatoms. The number of halogens is 1. The number of nitrogens with zero attached hydrogens (tertiary/aromatic N) is 2. The SMILES string of the molecule is C=Cc1nc(-c2cncc(Br)c2)oc1C=C. The van der Waals surface area contributed by atoms with Crippen LogP contribution >= 0.6 is 15.9 Å². The highest BCUT2D eigenvalue weighted by Gasteiger charge is 2.10. The molecule has 0 unspecified atom stereocenters. The maximum atomic E-state index is 5.53. The van der Waals surface area contributed by atoms with Crippen molar-refractivity contribution in [3.63, 3.8) is 0 Å². The van der Waals surface area contributed by atoms with Crippen LogP contribution in [0.1, 0.15) is 11.5 Å². The summed E-state index contributed by atoms with van der Waals surface area (Å²) in [4.78, 5) is 8.35. The molecule has 2 aromatic heterocycles. The second kappa shape index (κ2) is 4.45. The summed E-state index contributed by atoms with van der Waals surface area (Å²) >= 11 is 3.35. The van der Waals surface area contributed by atoms with E-state index in [1.807, 2.05) is 6.07 Å². The molecule has 2 rings (SSSR count). The minimum atomic E-state index is 0.513. The fourth-order valence-corrected chi connectivity index (χ4v) is 1.65. The Morgan fingerprint density at radius 2 is 2.06 bits per heavy atom. The van der Waals surface area contributed by atoms with Crippen LogP contribution in [-0.4, -0.2) is 9.97 Å². The van der Waals surface area contributed by atoms with Gasteiger partial charge < -0.3 is 4.42 Å². The van der Waals surface area contributed by atoms with E-state index in [1.54, 1.807) is 24.5 Å². The van der Waals surface area contributed by atoms with Crippen molar-refractivity contribution in [3.05, 3.63) is 47.5 Å². The third-order valence-electron chi connectivity index (χ3n) is 2.01. The molecular weight excluding hydrogens is 268 g/mol. The maximum Gasteiger partial charge on any atom is 0.228 e. The highest BCUT2D eigenvalue weighted by Crippen LogP contribution is 2.24. The van der Waals surface area contributed by atoms with E-state index in [2.05, 4.69) is 39.1 Å². The fraction of sp³-hybridized carbons (Fsp3) is 0. The van der Waals surface area contributed by atoms with E-state index in [0.717, 1.165) is 10.0 Å². The molecule has 80 valence electrons. The van der Waals surface area contributed by atoms with E-state index >= 15 is 0 Å². The normalized spacial score (nSPS) is 10.1. The largest absolute Gasteiger partial charge is 0.436 e. The average molecular weight is 277 g/mol. The lowest BCUT2D eigenvalue weighted by Gasteiger charge is -1.94. The summed E-state index contributed by atoms with van der Waals surface area (Å²) < 4.78 is 6.41. The molecule has 2 heterocycles. The van der Waals surface area contributed by atoms with Crippen LogP contribution < -0.4 is 0 Å². The average Bonchev–Trinajstić information content (AvgIpc) is 2.72. The minimum Gasteiger partial charge on any atom is -0.436 e. The third-order valence-corrected chi connectivity index (χ3v) is 2.45. The van der Waals surface area contributed by atoms with Crippen molar-refractivity contribution in [1.29, 1.82) is 0 Å². The first kappa shape index (κ1) is 10.8. The summed E-state index contributed by atoms with van der Waals surface area (Å²) in [5.74, 6) is 1.13. The number of oxazole rings is 1. The lowest BCUT2D eigenvalue weighted by atomic mass is 10.3. The molecule has 0 radical (unpaired) electrons. The number of rotatable bonds is 3. The van der Waals surface area contributed by atoms with Gasteiger partial charge in [-0.1, -0.05) is 13.2 Å². The molecule has 0 bridgehead atoms. The topological polar surface area (TPSA) is 38.9 Å². The molecule has 2 aromatic rings. The first-order valence-electron chi connectivity index (χ1n) is 4.61. The quantitative estimate of drug-likeness (QED) is 0.856. The predicted molar refractivity (Wildman–Crippen MR) is 67.6 cm³/mol. The van der Waals surface area contributed by atoms with Crippen LogP contribution in [0.3, 0.4) is 0 Å². The Balaban J connectivity index is 2.52. The standard InChI is InChI=1S/C12H9BrN2O/c1-3-10-11(4-2)16-12(15-10)8-5-9(13)7-14-6-8/h3-7H,1-2H2. The number of pyridine rings is 1. The zero-order chi connectivity index (χ0) is 11.5. The van der Waals surface area contributed by atoms with Gasteiger partial charge in [-0.3, -0.25) is 4.98 Å². The van der Waals surface area contributed by atoms with Crippen molar-refractivity contribution in [2.75, 3.05) is 0 Å². The van der Waals surface area contributed by atoms with Crippen LogP contribution in [0, 0.1) is 0 Å². The number of aromatic nitrogens is 2. The van der Waals surface area contributed by atoms with Crippen molar-refractivity contribution < 1.29 is 4.42 Å². The van der Waals surface area contributed by atoms with Gasteiger partial charge >= 0.3 is 0 Å². The summed E-state index contributed by atoms with van der Waals surface area (Å²) in [5, 5.41) is 0. The van der Waals surface area contributed by atoms with E-state index in [4.69, 9.17) is 4.42 Å². The Hall–Kier alpha value is -1.68. The lowest BCUT2D eigenvalue weighted by molar-refractivity contribution is 0.564. The molecule has 0 saturated heterocycles. The highest BCUT2D eigenvalue weighted by molar-refractivity contribution is 9.10. The molecule has 0 amide bonds. The van der Waals surface area contributed by atoms with Gasteiger partial charge in [-0.15, -0.1) is 0 Å². The summed E-state index contributed by atoms with van der Waals surface area (Å²) in [6, 6.07) is 1.89. The lowest BCUT2D eigenvalue weighted by Crippen LogP contribution is -1.80. The van der Waals surface area contributed by atoms with Gasteiger partial charge in [0.1, 0.15) is 5.69 Å². The Morgan fingerprint density at radius 3 is 2.62 bits per heavy atom. The van der Waals surface area contributed by atoms with Gasteiger partial charge in [-0.05, 0) is 34.1 Å². The van der Waals surface area contributed by atoms with Crippen LogP contribution in [0.5, 0.6) is 0 Å². The third kappa shape index (κ3) is 1.97. The molecule has 0 saturated carbocycles. The molecule has 0 fully saturated rings. The monoisotopic (exact) mass is 276 g/mol. The summed E-state index contributed by atoms with van der Waals surface area (Å²) in [6.07, 6.45) is 6.64. The van der Waals surface area contributed by atoms with Crippen LogP contribution in [-0.2, 0) is 0 Å². The maximum absolute atomic E-state index is 5.53. The van der Waals surface area contributed by atoms with E-state index in [0.29, 0.717) is 17.3 Å². The van der Waals surface area contributed by atoms with E-state index in [9.17, 15) is 0 Å². The molecule has 16 heavy (non-hydrogen) atoms. The molecule has 3 nitrogen and oxygen atoms in total. The van der Waals surface area contributed by atoms with Gasteiger partial charge in [0.2, 0.25) is 5.89 Å². The summed E-state index contributed by atoms with van der Waals surface area (Å²) in [5.41, 5.74) is 1.50. The smallest absolute Gasteiger partial charge is 0.228 e. The Morgan fingerprint density at radius 1 is 1.25 bits per heavy atom. The first-order chi connectivity index (χ1) is 7.74. The molecular formula is C12H9BrN2O. The number of hydrogen-bond donors (Lipinski definition) is 0. The fourth-order valence-electron chi connectivity index (χ4n) is 1.29. The second-order valence-corrected chi connectivity index (χ2v) is 3.98. The molecule has 0 aliphatic carbocycles. The second-order valence-electron chi connectivity index (χ2n) is 3.07. The molecule has 0 N–H and O–H groups in total. The van der Waals surface area contributed by atoms with Crippen LogP contribution in [0.2, 0.25) is 0 Å². The van der Waals surface area contributed by atoms with Crippen LogP contribution in [0.4, 0.5) is 0 Å². The highest BCUT2D eigenvalue weighted by atomic mass is 79.9. The van der Waals surface area contributed by atoms with E-state index in [1.165, 1.54) is 0 Å². The Bertz CT molecular complexity index is 520. The zero-order valence-corrected chi connectivity index (χ0v) is 10.1. The predicted octanol–water partition coefficient (Wildman–Crippen LogP) is 3.79. The molecule has 0 aliphatic rings. The van der Waals surface area contributed by atoms with Crippen molar-refractivity contribution in [2.24, 2.45) is 0 Å². The Kier molecular flexibility index (Phi) is 3.01. The zero-order valence-electron chi connectivity index (χ0n) is 8.48. The van der Waals surface area contributed by atoms with Crippen LogP contribution in [0.15, 0.2) is 40.5 Å². The number of hydrogen-bond acceptors (Lipinski definition) is 3. The van der Waals surface area contributed by atoms with Crippen molar-refractivity contribution in [1.82, 2.24) is 9.97 Å². The molecule has 0 aromatic carbocycles. The van der Waals surface area contributed by atoms with E-state index < -0.39 is 0 Å². The van der Waals surface area contributed by atoms with Crippen molar-refractivity contribution in [2.45, 2.75) is 0 Å². The van der Waals surface area contributed by atoms with Gasteiger partial charge in [0.05, 0.1) is 5.56 Å². The summed E-state index contributed by atoms with van der Waals surface area (Å²) in [7, 11) is 0. The van der Waals surface area contributed by atoms with Gasteiger partial charge in [0.15, 0.2) is 5.76 Å². The molecule has 0 spiro atoms. The minimum absolute atomic E-state index is 0.513. The van der Waals surface area contributed by atoms with Gasteiger partial charge in [-0.25, -0.2) is 4.98 Å². The van der Waals surface area contributed by atoms with Crippen molar-refractivity contribution in [3.8, 4) is 11.5 Å². The van der Waals surface area contributed by atoms with E-state index in [-0.39, 0.29) is 0 Å². The van der Waals surface area contributed by atoms with Gasteiger partial charge in [0, 0.05) is 16.9 Å². The summed E-state index contributed by atoms with van der Waals surface area (Å²) in [6.45, 7) is 7.33. The van der Waals surface area contributed by atoms with Gasteiger partial charge in [0.25, 0.3) is 0 Å². The van der Waals surface area contributed by atoms with Crippen molar-refractivity contribution >= 4 is 28.1 Å². The van der Waals surface area contributed by atoms with Crippen LogP contribution in [0.25, 0.3) is 23.6 Å². The molecule has 0 aliphatic heterocycles.